The molecule has 0 fully saturated rings. The maximum Gasteiger partial charge on any atom is 0.274 e. The van der Waals surface area contributed by atoms with Crippen molar-refractivity contribution >= 4 is 16.9 Å². The number of nitrogens with zero attached hydrogens (tertiary/aromatic N) is 2. The summed E-state index contributed by atoms with van der Waals surface area (Å²) in [7, 11) is 0. The van der Waals surface area contributed by atoms with Gasteiger partial charge in [0.25, 0.3) is 5.91 Å². The number of amides is 1. The second-order valence-electron chi connectivity index (χ2n) is 2.70. The van der Waals surface area contributed by atoms with Crippen molar-refractivity contribution in [2.75, 3.05) is 0 Å². The number of hydrogen-bond donors (Lipinski definition) is 2. The summed E-state index contributed by atoms with van der Waals surface area (Å²) in [6.45, 7) is 0. The summed E-state index contributed by atoms with van der Waals surface area (Å²) in [5, 5.41) is 8.42. The van der Waals surface area contributed by atoms with E-state index < -0.39 is 5.91 Å². The van der Waals surface area contributed by atoms with Crippen molar-refractivity contribution in [1.29, 1.82) is 0 Å². The van der Waals surface area contributed by atoms with Crippen LogP contribution in [0.25, 0.3) is 11.0 Å². The van der Waals surface area contributed by atoms with Crippen molar-refractivity contribution in [3.05, 3.63) is 36.2 Å². The Morgan fingerprint density at radius 2 is 1.93 bits per heavy atom. The van der Waals surface area contributed by atoms with Gasteiger partial charge < -0.3 is 0 Å². The first-order valence-electron chi connectivity index (χ1n) is 3.96. The molecule has 5 nitrogen and oxygen atoms in total. The van der Waals surface area contributed by atoms with Crippen molar-refractivity contribution in [2.45, 2.75) is 0 Å². The number of hydroxylamine groups is 1. The molecule has 2 rings (SSSR count). The molecule has 0 aliphatic carbocycles. The second-order valence-corrected chi connectivity index (χ2v) is 2.70. The summed E-state index contributed by atoms with van der Waals surface area (Å²) < 4.78 is 0. The third-order valence-electron chi connectivity index (χ3n) is 1.83. The van der Waals surface area contributed by atoms with Crippen LogP contribution in [0.3, 0.4) is 0 Å². The Hall–Kier alpha value is -2.01. The molecule has 0 atom stereocenters. The lowest BCUT2D eigenvalue weighted by Crippen LogP contribution is -2.18. The van der Waals surface area contributed by atoms with Crippen LogP contribution in [0.4, 0.5) is 0 Å². The summed E-state index contributed by atoms with van der Waals surface area (Å²) >= 11 is 0. The van der Waals surface area contributed by atoms with Crippen LogP contribution < -0.4 is 5.48 Å². The molecule has 5 heteroatoms. The maximum atomic E-state index is 11.0. The van der Waals surface area contributed by atoms with Crippen molar-refractivity contribution in [3.8, 4) is 0 Å². The van der Waals surface area contributed by atoms with E-state index >= 15 is 0 Å². The maximum absolute atomic E-state index is 11.0. The van der Waals surface area contributed by atoms with Gasteiger partial charge >= 0.3 is 0 Å². The van der Waals surface area contributed by atoms with Gasteiger partial charge in [-0.3, -0.25) is 20.0 Å². The Morgan fingerprint density at radius 3 is 2.64 bits per heavy atom. The minimum atomic E-state index is -0.558. The molecule has 1 amide bonds. The van der Waals surface area contributed by atoms with Crippen LogP contribution in [0.1, 0.15) is 10.4 Å². The molecule has 0 unspecified atom stereocenters. The van der Waals surface area contributed by atoms with Crippen molar-refractivity contribution in [2.24, 2.45) is 0 Å². The number of aromatic nitrogens is 2. The predicted octanol–water partition coefficient (Wildman–Crippen LogP) is 0.749. The zero-order valence-electron chi connectivity index (χ0n) is 7.14. The van der Waals surface area contributed by atoms with E-state index in [0.717, 1.165) is 0 Å². The normalized spacial score (nSPS) is 10.1. The average molecular weight is 189 g/mol. The van der Waals surface area contributed by atoms with Crippen molar-refractivity contribution in [1.82, 2.24) is 15.4 Å². The van der Waals surface area contributed by atoms with Crippen molar-refractivity contribution in [3.63, 3.8) is 0 Å². The minimum absolute atomic E-state index is 0.348. The standard InChI is InChI=1S/C9H7N3O2/c13-9(12-14)6-1-2-7-8(5-6)11-4-3-10-7/h1-5,14H,(H,12,13). The molecule has 0 radical (unpaired) electrons. The first-order valence-corrected chi connectivity index (χ1v) is 3.96. The molecule has 2 aromatic rings. The Morgan fingerprint density at radius 1 is 1.21 bits per heavy atom. The quantitative estimate of drug-likeness (QED) is 0.512. The number of rotatable bonds is 1. The highest BCUT2D eigenvalue weighted by molar-refractivity contribution is 5.96. The van der Waals surface area contributed by atoms with E-state index in [9.17, 15) is 4.79 Å². The topological polar surface area (TPSA) is 75.1 Å². The first kappa shape index (κ1) is 8.58. The third-order valence-corrected chi connectivity index (χ3v) is 1.83. The van der Waals surface area contributed by atoms with Gasteiger partial charge in [0.1, 0.15) is 0 Å². The second kappa shape index (κ2) is 3.39. The summed E-state index contributed by atoms with van der Waals surface area (Å²) in [6, 6.07) is 4.81. The molecule has 1 aromatic carbocycles. The van der Waals surface area contributed by atoms with Crippen LogP contribution in [-0.4, -0.2) is 21.1 Å². The van der Waals surface area contributed by atoms with E-state index in [1.165, 1.54) is 0 Å². The van der Waals surface area contributed by atoms with Gasteiger partial charge in [-0.15, -0.1) is 0 Å². The molecule has 2 N–H and O–H groups in total. The summed E-state index contributed by atoms with van der Waals surface area (Å²) in [5.41, 5.74) is 3.24. The number of hydrogen-bond acceptors (Lipinski definition) is 4. The first-order chi connectivity index (χ1) is 6.81. The van der Waals surface area contributed by atoms with E-state index in [-0.39, 0.29) is 0 Å². The van der Waals surface area contributed by atoms with Crippen LogP contribution in [0, 0.1) is 0 Å². The van der Waals surface area contributed by atoms with Gasteiger partial charge in [-0.25, -0.2) is 5.48 Å². The summed E-state index contributed by atoms with van der Waals surface area (Å²) in [4.78, 5) is 19.1. The van der Waals surface area contributed by atoms with Crippen LogP contribution in [-0.2, 0) is 0 Å². The van der Waals surface area contributed by atoms with Gasteiger partial charge in [0.2, 0.25) is 0 Å². The lowest BCUT2D eigenvalue weighted by molar-refractivity contribution is 0.0706. The van der Waals surface area contributed by atoms with E-state index in [1.54, 1.807) is 36.1 Å². The fourth-order valence-corrected chi connectivity index (χ4v) is 1.17. The number of nitrogens with one attached hydrogen (secondary N) is 1. The average Bonchev–Trinajstić information content (AvgIpc) is 2.27. The molecule has 14 heavy (non-hydrogen) atoms. The molecular formula is C9H7N3O2. The summed E-state index contributed by atoms with van der Waals surface area (Å²) in [5.74, 6) is -0.558. The van der Waals surface area contributed by atoms with Gasteiger partial charge in [-0.2, -0.15) is 0 Å². The number of carbonyl (C=O) groups is 1. The molecule has 0 saturated heterocycles. The monoisotopic (exact) mass is 189 g/mol. The van der Waals surface area contributed by atoms with Crippen LogP contribution >= 0.6 is 0 Å². The number of benzene rings is 1. The zero-order valence-corrected chi connectivity index (χ0v) is 7.14. The van der Waals surface area contributed by atoms with Crippen LogP contribution in [0.15, 0.2) is 30.6 Å². The molecule has 0 bridgehead atoms. The molecule has 70 valence electrons. The lowest BCUT2D eigenvalue weighted by atomic mass is 10.2. The molecular weight excluding hydrogens is 182 g/mol. The van der Waals surface area contributed by atoms with Gasteiger partial charge in [-0.05, 0) is 18.2 Å². The van der Waals surface area contributed by atoms with Gasteiger partial charge in [0.15, 0.2) is 0 Å². The van der Waals surface area contributed by atoms with Gasteiger partial charge in [-0.1, -0.05) is 0 Å². The van der Waals surface area contributed by atoms with Crippen LogP contribution in [0.5, 0.6) is 0 Å². The van der Waals surface area contributed by atoms with E-state index in [0.29, 0.717) is 16.6 Å². The highest BCUT2D eigenvalue weighted by Crippen LogP contribution is 2.10. The molecule has 0 saturated carbocycles. The van der Waals surface area contributed by atoms with Gasteiger partial charge in [0, 0.05) is 18.0 Å². The highest BCUT2D eigenvalue weighted by atomic mass is 16.5. The molecule has 1 heterocycles. The Kier molecular flexibility index (Phi) is 2.08. The van der Waals surface area contributed by atoms with Gasteiger partial charge in [0.05, 0.1) is 11.0 Å². The molecule has 0 aliphatic heterocycles. The molecule has 0 aliphatic rings. The van der Waals surface area contributed by atoms with E-state index in [2.05, 4.69) is 9.97 Å². The van der Waals surface area contributed by atoms with Crippen LogP contribution in [0.2, 0.25) is 0 Å². The largest absolute Gasteiger partial charge is 0.288 e. The summed E-state index contributed by atoms with van der Waals surface area (Å²) in [6.07, 6.45) is 3.12. The minimum Gasteiger partial charge on any atom is -0.288 e. The zero-order chi connectivity index (χ0) is 9.97. The molecule has 1 aromatic heterocycles. The Balaban J connectivity index is 2.56. The number of carbonyl (C=O) groups excluding carboxylic acids is 1. The fourth-order valence-electron chi connectivity index (χ4n) is 1.17. The fraction of sp³-hybridized carbons (Fsp3) is 0. The Labute approximate surface area is 79.4 Å². The predicted molar refractivity (Wildman–Crippen MR) is 48.8 cm³/mol. The van der Waals surface area contributed by atoms with E-state index in [1.807, 2.05) is 0 Å². The van der Waals surface area contributed by atoms with Crippen molar-refractivity contribution < 1.29 is 10.0 Å². The third kappa shape index (κ3) is 1.40. The SMILES string of the molecule is O=C(NO)c1ccc2nccnc2c1. The molecule has 0 spiro atoms. The number of fused-ring (bicyclic) bond motifs is 1. The highest BCUT2D eigenvalue weighted by Gasteiger charge is 2.04. The van der Waals surface area contributed by atoms with E-state index in [4.69, 9.17) is 5.21 Å². The lowest BCUT2D eigenvalue weighted by Gasteiger charge is -1.99. The Bertz CT molecular complexity index is 484. The smallest absolute Gasteiger partial charge is 0.274 e.